The van der Waals surface area contributed by atoms with E-state index >= 15 is 0 Å². The highest BCUT2D eigenvalue weighted by atomic mass is 16.6. The second-order valence-electron chi connectivity index (χ2n) is 4.33. The summed E-state index contributed by atoms with van der Waals surface area (Å²) >= 11 is 0. The molecule has 7 heteroatoms. The number of non-ortho nitro benzene ring substituents is 1. The lowest BCUT2D eigenvalue weighted by molar-refractivity contribution is -0.384. The van der Waals surface area contributed by atoms with Crippen molar-refractivity contribution in [2.45, 2.75) is 18.9 Å². The van der Waals surface area contributed by atoms with Crippen molar-refractivity contribution in [3.8, 4) is 6.07 Å². The summed E-state index contributed by atoms with van der Waals surface area (Å²) in [7, 11) is 1.60. The Morgan fingerprint density at radius 1 is 1.60 bits per heavy atom. The van der Waals surface area contributed by atoms with E-state index in [1.54, 1.807) is 13.2 Å². The molecule has 1 aromatic rings. The molecule has 0 amide bonds. The minimum Gasteiger partial charge on any atom is -0.383 e. The number of rotatable bonds is 8. The number of methoxy groups -OCH3 is 1. The molecule has 1 rings (SSSR count). The Balaban J connectivity index is 2.89. The highest BCUT2D eigenvalue weighted by molar-refractivity contribution is 5.61. The molecule has 1 atom stereocenters. The maximum absolute atomic E-state index is 10.7. The van der Waals surface area contributed by atoms with Gasteiger partial charge in [-0.05, 0) is 25.5 Å². The van der Waals surface area contributed by atoms with E-state index in [1.165, 1.54) is 12.1 Å². The van der Waals surface area contributed by atoms with Crippen LogP contribution in [-0.4, -0.2) is 31.2 Å². The summed E-state index contributed by atoms with van der Waals surface area (Å²) in [5.74, 6) is 0. The third-order valence-electron chi connectivity index (χ3n) is 2.82. The summed E-state index contributed by atoms with van der Waals surface area (Å²) in [5, 5.41) is 22.9. The van der Waals surface area contributed by atoms with Crippen LogP contribution in [0, 0.1) is 21.4 Å². The van der Waals surface area contributed by atoms with Gasteiger partial charge >= 0.3 is 0 Å². The summed E-state index contributed by atoms with van der Waals surface area (Å²) in [6.07, 6.45) is 1.63. The summed E-state index contributed by atoms with van der Waals surface area (Å²) in [6, 6.07) is 6.15. The van der Waals surface area contributed by atoms with Crippen LogP contribution >= 0.6 is 0 Å². The number of hydrogen-bond donors (Lipinski definition) is 2. The summed E-state index contributed by atoms with van der Waals surface area (Å²) in [6.45, 7) is 1.05. The van der Waals surface area contributed by atoms with Crippen molar-refractivity contribution in [1.29, 1.82) is 5.26 Å². The first-order chi connectivity index (χ1) is 9.62. The molecule has 0 spiro atoms. The zero-order chi connectivity index (χ0) is 15.0. The predicted octanol–water partition coefficient (Wildman–Crippen LogP) is 1.63. The van der Waals surface area contributed by atoms with Crippen LogP contribution in [0.1, 0.15) is 18.4 Å². The number of nitrogens with zero attached hydrogens (tertiary/aromatic N) is 2. The number of anilines is 1. The third kappa shape index (κ3) is 4.50. The molecule has 1 aromatic carbocycles. The summed E-state index contributed by atoms with van der Waals surface area (Å²) in [5.41, 5.74) is 6.19. The van der Waals surface area contributed by atoms with Crippen molar-refractivity contribution in [2.75, 3.05) is 25.6 Å². The van der Waals surface area contributed by atoms with E-state index in [1.807, 2.05) is 6.07 Å². The Labute approximate surface area is 117 Å². The fourth-order valence-electron chi connectivity index (χ4n) is 1.85. The van der Waals surface area contributed by atoms with Crippen LogP contribution in [0.4, 0.5) is 11.4 Å². The minimum absolute atomic E-state index is 0.0112. The van der Waals surface area contributed by atoms with Gasteiger partial charge in [0.05, 0.1) is 22.8 Å². The topological polar surface area (TPSA) is 114 Å². The lowest BCUT2D eigenvalue weighted by atomic mass is 10.1. The van der Waals surface area contributed by atoms with Crippen LogP contribution in [0.15, 0.2) is 18.2 Å². The average Bonchev–Trinajstić information content (AvgIpc) is 2.45. The molecule has 7 nitrogen and oxygen atoms in total. The van der Waals surface area contributed by atoms with Gasteiger partial charge in [0.15, 0.2) is 0 Å². The molecule has 0 aliphatic carbocycles. The van der Waals surface area contributed by atoms with Gasteiger partial charge in [-0.1, -0.05) is 0 Å². The van der Waals surface area contributed by atoms with Crippen molar-refractivity contribution >= 4 is 11.4 Å². The van der Waals surface area contributed by atoms with E-state index in [2.05, 4.69) is 5.32 Å². The number of ether oxygens (including phenoxy) is 1. The third-order valence-corrected chi connectivity index (χ3v) is 2.82. The maximum atomic E-state index is 10.7. The van der Waals surface area contributed by atoms with Gasteiger partial charge in [-0.3, -0.25) is 10.1 Å². The Morgan fingerprint density at radius 2 is 2.35 bits per heavy atom. The molecule has 0 aliphatic heterocycles. The molecule has 20 heavy (non-hydrogen) atoms. The molecule has 3 N–H and O–H groups in total. The zero-order valence-electron chi connectivity index (χ0n) is 11.3. The number of nitro benzene ring substituents is 1. The van der Waals surface area contributed by atoms with Gasteiger partial charge in [0.25, 0.3) is 5.69 Å². The van der Waals surface area contributed by atoms with E-state index < -0.39 is 4.92 Å². The van der Waals surface area contributed by atoms with Crippen molar-refractivity contribution < 1.29 is 9.66 Å². The number of nitrogens with one attached hydrogen (secondary N) is 1. The van der Waals surface area contributed by atoms with Crippen LogP contribution in [0.2, 0.25) is 0 Å². The molecule has 0 fully saturated rings. The molecular formula is C13H18N4O3. The molecule has 108 valence electrons. The van der Waals surface area contributed by atoms with E-state index in [0.29, 0.717) is 18.8 Å². The second-order valence-corrected chi connectivity index (χ2v) is 4.33. The Bertz CT molecular complexity index is 499. The van der Waals surface area contributed by atoms with Gasteiger partial charge in [-0.25, -0.2) is 0 Å². The number of hydrogen-bond acceptors (Lipinski definition) is 6. The quantitative estimate of drug-likeness (QED) is 0.551. The molecule has 0 radical (unpaired) electrons. The highest BCUT2D eigenvalue weighted by Gasteiger charge is 2.14. The normalized spacial score (nSPS) is 11.7. The van der Waals surface area contributed by atoms with E-state index in [9.17, 15) is 10.1 Å². The standard InChI is InChI=1S/C13H18N4O3/c1-20-9-11(3-2-6-14)16-13-5-4-12(17(18)19)7-10(13)8-15/h4-5,7,11,16H,2-3,6,9,14H2,1H3. The monoisotopic (exact) mass is 278 g/mol. The number of nitro groups is 1. The average molecular weight is 278 g/mol. The molecule has 0 aromatic heterocycles. The fraction of sp³-hybridized carbons (Fsp3) is 0.462. The van der Waals surface area contributed by atoms with Gasteiger partial charge in [-0.15, -0.1) is 0 Å². The van der Waals surface area contributed by atoms with E-state index in [4.69, 9.17) is 15.7 Å². The fourth-order valence-corrected chi connectivity index (χ4v) is 1.85. The summed E-state index contributed by atoms with van der Waals surface area (Å²) < 4.78 is 5.11. The van der Waals surface area contributed by atoms with Crippen LogP contribution in [0.3, 0.4) is 0 Å². The van der Waals surface area contributed by atoms with Crippen LogP contribution in [-0.2, 0) is 4.74 Å². The van der Waals surface area contributed by atoms with Crippen molar-refractivity contribution in [3.63, 3.8) is 0 Å². The SMILES string of the molecule is COCC(CCCN)Nc1ccc([N+](=O)[O-])cc1C#N. The van der Waals surface area contributed by atoms with Gasteiger partial charge in [0.1, 0.15) is 6.07 Å². The van der Waals surface area contributed by atoms with Crippen molar-refractivity contribution in [1.82, 2.24) is 0 Å². The van der Waals surface area contributed by atoms with Crippen molar-refractivity contribution in [2.24, 2.45) is 5.73 Å². The number of benzene rings is 1. The van der Waals surface area contributed by atoms with Crippen LogP contribution < -0.4 is 11.1 Å². The van der Waals surface area contributed by atoms with Gasteiger partial charge in [0.2, 0.25) is 0 Å². The molecule has 1 unspecified atom stereocenters. The lowest BCUT2D eigenvalue weighted by Gasteiger charge is -2.19. The first-order valence-corrected chi connectivity index (χ1v) is 6.26. The van der Waals surface area contributed by atoms with Crippen molar-refractivity contribution in [3.05, 3.63) is 33.9 Å². The molecule has 0 aliphatic rings. The highest BCUT2D eigenvalue weighted by Crippen LogP contribution is 2.22. The van der Waals surface area contributed by atoms with Crippen LogP contribution in [0.5, 0.6) is 0 Å². The first kappa shape index (κ1) is 15.9. The minimum atomic E-state index is -0.522. The molecule has 0 heterocycles. The Kier molecular flexibility index (Phi) is 6.43. The van der Waals surface area contributed by atoms with E-state index in [0.717, 1.165) is 12.8 Å². The van der Waals surface area contributed by atoms with Gasteiger partial charge in [0, 0.05) is 25.3 Å². The molecule has 0 saturated carbocycles. The van der Waals surface area contributed by atoms with Crippen LogP contribution in [0.25, 0.3) is 0 Å². The molecule has 0 saturated heterocycles. The smallest absolute Gasteiger partial charge is 0.270 e. The predicted molar refractivity (Wildman–Crippen MR) is 75.4 cm³/mol. The Hall–Kier alpha value is -2.17. The number of nitrogens with two attached hydrogens (primary N) is 1. The van der Waals surface area contributed by atoms with Gasteiger partial charge in [-0.2, -0.15) is 5.26 Å². The largest absolute Gasteiger partial charge is 0.383 e. The first-order valence-electron chi connectivity index (χ1n) is 6.26. The molecular weight excluding hydrogens is 260 g/mol. The zero-order valence-corrected chi connectivity index (χ0v) is 11.3. The maximum Gasteiger partial charge on any atom is 0.270 e. The second kappa shape index (κ2) is 8.09. The Morgan fingerprint density at radius 3 is 2.90 bits per heavy atom. The van der Waals surface area contributed by atoms with E-state index in [-0.39, 0.29) is 17.3 Å². The molecule has 0 bridgehead atoms. The summed E-state index contributed by atoms with van der Waals surface area (Å²) in [4.78, 5) is 10.2. The lowest BCUT2D eigenvalue weighted by Crippen LogP contribution is -2.26. The number of nitriles is 1. The van der Waals surface area contributed by atoms with Gasteiger partial charge < -0.3 is 15.8 Å².